The predicted octanol–water partition coefficient (Wildman–Crippen LogP) is 2.82. The Morgan fingerprint density at radius 3 is 2.62 bits per heavy atom. The van der Waals surface area contributed by atoms with Gasteiger partial charge in [0.15, 0.2) is 0 Å². The lowest BCUT2D eigenvalue weighted by Crippen LogP contribution is -2.57. The SMILES string of the molecule is CCCN1C[C@H]2C(=O)NC3(CCN(C(=O)C4(c5cccc(Cl)c5)CC4)CC3)[C@H]2C1. The Labute approximate surface area is 177 Å². The fourth-order valence-electron chi connectivity index (χ4n) is 6.08. The van der Waals surface area contributed by atoms with E-state index in [4.69, 9.17) is 11.6 Å². The first-order chi connectivity index (χ1) is 14.0. The van der Waals surface area contributed by atoms with Gasteiger partial charge in [0.05, 0.1) is 11.3 Å². The number of carbonyl (C=O) groups excluding carboxylic acids is 2. The van der Waals surface area contributed by atoms with Gasteiger partial charge in [0.2, 0.25) is 11.8 Å². The van der Waals surface area contributed by atoms with Crippen LogP contribution in [0.15, 0.2) is 24.3 Å². The molecule has 3 saturated heterocycles. The number of halogens is 1. The Morgan fingerprint density at radius 2 is 1.97 bits per heavy atom. The van der Waals surface area contributed by atoms with Crippen molar-refractivity contribution >= 4 is 23.4 Å². The molecule has 1 spiro atoms. The molecule has 3 heterocycles. The zero-order valence-electron chi connectivity index (χ0n) is 17.1. The zero-order valence-corrected chi connectivity index (χ0v) is 17.9. The smallest absolute Gasteiger partial charge is 0.233 e. The van der Waals surface area contributed by atoms with Gasteiger partial charge in [-0.3, -0.25) is 9.59 Å². The molecule has 4 aliphatic rings. The molecule has 0 bridgehead atoms. The lowest BCUT2D eigenvalue weighted by atomic mass is 9.75. The number of hydrogen-bond acceptors (Lipinski definition) is 3. The summed E-state index contributed by atoms with van der Waals surface area (Å²) in [5.74, 6) is 0.993. The van der Waals surface area contributed by atoms with Crippen LogP contribution in [0.25, 0.3) is 0 Å². The first-order valence-electron chi connectivity index (χ1n) is 11.1. The number of rotatable bonds is 4. The summed E-state index contributed by atoms with van der Waals surface area (Å²) >= 11 is 6.18. The molecular formula is C23H30ClN3O2. The second kappa shape index (κ2) is 6.98. The van der Waals surface area contributed by atoms with Gasteiger partial charge in [0.25, 0.3) is 0 Å². The highest BCUT2D eigenvalue weighted by atomic mass is 35.5. The number of benzene rings is 1. The molecule has 1 aliphatic carbocycles. The van der Waals surface area contributed by atoms with E-state index in [2.05, 4.69) is 17.1 Å². The maximum Gasteiger partial charge on any atom is 0.233 e. The van der Waals surface area contributed by atoms with Gasteiger partial charge in [-0.15, -0.1) is 0 Å². The number of hydrogen-bond donors (Lipinski definition) is 1. The van der Waals surface area contributed by atoms with Gasteiger partial charge < -0.3 is 15.1 Å². The molecular weight excluding hydrogens is 386 g/mol. The third kappa shape index (κ3) is 3.09. The number of fused-ring (bicyclic) bond motifs is 2. The van der Waals surface area contributed by atoms with Gasteiger partial charge in [0, 0.05) is 42.7 Å². The predicted molar refractivity (Wildman–Crippen MR) is 113 cm³/mol. The van der Waals surface area contributed by atoms with Crippen LogP contribution in [0.2, 0.25) is 5.02 Å². The molecule has 3 aliphatic heterocycles. The van der Waals surface area contributed by atoms with E-state index in [1.807, 2.05) is 29.2 Å². The Hall–Kier alpha value is -1.59. The minimum absolute atomic E-state index is 0.117. The minimum atomic E-state index is -0.373. The summed E-state index contributed by atoms with van der Waals surface area (Å²) < 4.78 is 0. The minimum Gasteiger partial charge on any atom is -0.350 e. The number of piperidine rings is 1. The first kappa shape index (κ1) is 19.4. The van der Waals surface area contributed by atoms with Gasteiger partial charge in [0.1, 0.15) is 0 Å². The summed E-state index contributed by atoms with van der Waals surface area (Å²) in [5.41, 5.74) is 0.561. The van der Waals surface area contributed by atoms with E-state index in [1.54, 1.807) is 0 Å². The third-order valence-corrected chi connectivity index (χ3v) is 8.07. The van der Waals surface area contributed by atoms with Crippen molar-refractivity contribution < 1.29 is 9.59 Å². The molecule has 5 rings (SSSR count). The van der Waals surface area contributed by atoms with E-state index in [0.717, 1.165) is 70.4 Å². The van der Waals surface area contributed by atoms with Crippen molar-refractivity contribution in [2.45, 2.75) is 50.0 Å². The molecule has 1 aromatic rings. The van der Waals surface area contributed by atoms with Crippen molar-refractivity contribution in [1.82, 2.24) is 15.1 Å². The van der Waals surface area contributed by atoms with Gasteiger partial charge in [-0.2, -0.15) is 0 Å². The fraction of sp³-hybridized carbons (Fsp3) is 0.652. The van der Waals surface area contributed by atoms with Crippen LogP contribution >= 0.6 is 11.6 Å². The average Bonchev–Trinajstić information content (AvgIpc) is 3.35. The lowest BCUT2D eigenvalue weighted by Gasteiger charge is -2.43. The molecule has 0 unspecified atom stereocenters. The maximum absolute atomic E-state index is 13.4. The van der Waals surface area contributed by atoms with Crippen molar-refractivity contribution in [2.75, 3.05) is 32.7 Å². The fourth-order valence-corrected chi connectivity index (χ4v) is 6.28. The number of carbonyl (C=O) groups is 2. The van der Waals surface area contributed by atoms with E-state index in [9.17, 15) is 9.59 Å². The van der Waals surface area contributed by atoms with E-state index >= 15 is 0 Å². The maximum atomic E-state index is 13.4. The van der Waals surface area contributed by atoms with Crippen molar-refractivity contribution in [1.29, 1.82) is 0 Å². The van der Waals surface area contributed by atoms with E-state index < -0.39 is 0 Å². The Balaban J connectivity index is 1.28. The molecule has 5 nitrogen and oxygen atoms in total. The lowest BCUT2D eigenvalue weighted by molar-refractivity contribution is -0.136. The Bertz CT molecular complexity index is 829. The van der Waals surface area contributed by atoms with Gasteiger partial charge in [-0.25, -0.2) is 0 Å². The second-order valence-corrected chi connectivity index (χ2v) is 9.94. The molecule has 1 saturated carbocycles. The standard InChI is InChI=1S/C23H30ClN3O2/c1-2-10-26-14-18-19(15-26)23(25-20(18)28)8-11-27(12-9-23)21(29)22(6-7-22)16-4-3-5-17(24)13-16/h3-5,13,18-19H,2,6-12,14-15H2,1H3,(H,25,28)/t18-,19+/m1/s1. The van der Waals surface area contributed by atoms with Gasteiger partial charge in [-0.05, 0) is 56.3 Å². The molecule has 1 aromatic carbocycles. The Kier molecular flexibility index (Phi) is 4.67. The van der Waals surface area contributed by atoms with Crippen molar-refractivity contribution in [3.05, 3.63) is 34.9 Å². The van der Waals surface area contributed by atoms with Crippen LogP contribution < -0.4 is 5.32 Å². The molecule has 29 heavy (non-hydrogen) atoms. The summed E-state index contributed by atoms with van der Waals surface area (Å²) in [6.07, 6.45) is 4.68. The topological polar surface area (TPSA) is 52.7 Å². The monoisotopic (exact) mass is 415 g/mol. The average molecular weight is 416 g/mol. The second-order valence-electron chi connectivity index (χ2n) is 9.50. The quantitative estimate of drug-likeness (QED) is 0.822. The van der Waals surface area contributed by atoms with Crippen molar-refractivity contribution in [2.24, 2.45) is 11.8 Å². The zero-order chi connectivity index (χ0) is 20.2. The molecule has 1 N–H and O–H groups in total. The van der Waals surface area contributed by atoms with E-state index in [0.29, 0.717) is 10.9 Å². The number of nitrogens with one attached hydrogen (secondary N) is 1. The Morgan fingerprint density at radius 1 is 1.21 bits per heavy atom. The van der Waals surface area contributed by atoms with Crippen LogP contribution in [-0.2, 0) is 15.0 Å². The summed E-state index contributed by atoms with van der Waals surface area (Å²) in [4.78, 5) is 30.6. The largest absolute Gasteiger partial charge is 0.350 e. The van der Waals surface area contributed by atoms with Crippen LogP contribution in [0.4, 0.5) is 0 Å². The van der Waals surface area contributed by atoms with E-state index in [-0.39, 0.29) is 28.7 Å². The van der Waals surface area contributed by atoms with Crippen molar-refractivity contribution in [3.8, 4) is 0 Å². The highest BCUT2D eigenvalue weighted by Gasteiger charge is 2.59. The van der Waals surface area contributed by atoms with E-state index in [1.165, 1.54) is 0 Å². The molecule has 2 amide bonds. The number of amides is 2. The molecule has 0 aromatic heterocycles. The highest BCUT2D eigenvalue weighted by molar-refractivity contribution is 6.30. The summed E-state index contributed by atoms with van der Waals surface area (Å²) in [6, 6.07) is 7.77. The third-order valence-electron chi connectivity index (χ3n) is 7.83. The van der Waals surface area contributed by atoms with Crippen molar-refractivity contribution in [3.63, 3.8) is 0 Å². The summed E-state index contributed by atoms with van der Waals surface area (Å²) in [7, 11) is 0. The van der Waals surface area contributed by atoms with Crippen LogP contribution in [0.1, 0.15) is 44.6 Å². The number of nitrogens with zero attached hydrogens (tertiary/aromatic N) is 2. The van der Waals surface area contributed by atoms with Gasteiger partial charge >= 0.3 is 0 Å². The first-order valence-corrected chi connectivity index (χ1v) is 11.4. The molecule has 4 fully saturated rings. The highest BCUT2D eigenvalue weighted by Crippen LogP contribution is 2.51. The summed E-state index contributed by atoms with van der Waals surface area (Å²) in [6.45, 7) is 6.64. The van der Waals surface area contributed by atoms with Crippen LogP contribution in [0, 0.1) is 11.8 Å². The van der Waals surface area contributed by atoms with Crippen LogP contribution in [-0.4, -0.2) is 59.9 Å². The molecule has 0 radical (unpaired) electrons. The summed E-state index contributed by atoms with van der Waals surface area (Å²) in [5, 5.41) is 4.06. The van der Waals surface area contributed by atoms with Gasteiger partial charge in [-0.1, -0.05) is 30.7 Å². The van der Waals surface area contributed by atoms with Crippen LogP contribution in [0.3, 0.4) is 0 Å². The molecule has 156 valence electrons. The normalized spacial score (nSPS) is 29.7. The number of likely N-dealkylation sites (tertiary alicyclic amines) is 2. The molecule has 2 atom stereocenters. The van der Waals surface area contributed by atoms with Crippen LogP contribution in [0.5, 0.6) is 0 Å². The molecule has 6 heteroatoms.